The average molecular weight is 216 g/mol. The minimum absolute atomic E-state index is 0.0887. The quantitative estimate of drug-likeness (QED) is 0.567. The number of allylic oxidation sites excluding steroid dienone is 1. The van der Waals surface area contributed by atoms with Crippen molar-refractivity contribution < 1.29 is 4.79 Å². The molecule has 0 aliphatic carbocycles. The zero-order chi connectivity index (χ0) is 11.5. The number of fused-ring (bicyclic) bond motifs is 1. The van der Waals surface area contributed by atoms with Gasteiger partial charge in [0.1, 0.15) is 5.69 Å². The highest BCUT2D eigenvalue weighted by Gasteiger charge is 2.08. The van der Waals surface area contributed by atoms with Gasteiger partial charge in [0.05, 0.1) is 6.20 Å². The van der Waals surface area contributed by atoms with Crippen LogP contribution in [0.1, 0.15) is 10.5 Å². The molecule has 0 aliphatic heterocycles. The van der Waals surface area contributed by atoms with Gasteiger partial charge in [0, 0.05) is 38.8 Å². The lowest BCUT2D eigenvalue weighted by atomic mass is 10.3. The fraction of sp³-hybridized carbons (Fsp3) is 0.182. The first-order valence-corrected chi connectivity index (χ1v) is 4.85. The van der Waals surface area contributed by atoms with Crippen LogP contribution in [0.5, 0.6) is 0 Å². The molecule has 0 fully saturated rings. The molecule has 0 bridgehead atoms. The molecular weight excluding hydrogens is 204 g/mol. The summed E-state index contributed by atoms with van der Waals surface area (Å²) in [4.78, 5) is 21.7. The average Bonchev–Trinajstić information content (AvgIpc) is 2.69. The second-order valence-corrected chi connectivity index (χ2v) is 3.58. The van der Waals surface area contributed by atoms with Crippen LogP contribution in [0.2, 0.25) is 0 Å². The van der Waals surface area contributed by atoms with Crippen molar-refractivity contribution in [2.24, 2.45) is 0 Å². The van der Waals surface area contributed by atoms with Crippen molar-refractivity contribution in [2.45, 2.75) is 0 Å². The Balaban J connectivity index is 2.37. The third kappa shape index (κ3) is 1.93. The van der Waals surface area contributed by atoms with Crippen LogP contribution in [0.25, 0.3) is 5.78 Å². The van der Waals surface area contributed by atoms with Crippen molar-refractivity contribution in [3.8, 4) is 0 Å². The van der Waals surface area contributed by atoms with Crippen LogP contribution in [0.3, 0.4) is 0 Å². The van der Waals surface area contributed by atoms with Gasteiger partial charge in [-0.3, -0.25) is 9.20 Å². The summed E-state index contributed by atoms with van der Waals surface area (Å²) in [5.41, 5.74) is 0.515. The van der Waals surface area contributed by atoms with Crippen molar-refractivity contribution in [1.29, 1.82) is 0 Å². The highest BCUT2D eigenvalue weighted by atomic mass is 16.1. The number of rotatable bonds is 3. The summed E-state index contributed by atoms with van der Waals surface area (Å²) in [6, 6.07) is 1.76. The van der Waals surface area contributed by atoms with Gasteiger partial charge < -0.3 is 4.90 Å². The summed E-state index contributed by atoms with van der Waals surface area (Å²) in [6.45, 7) is 0. The van der Waals surface area contributed by atoms with Gasteiger partial charge in [-0.2, -0.15) is 0 Å². The maximum absolute atomic E-state index is 11.8. The number of hydrogen-bond donors (Lipinski definition) is 0. The highest BCUT2D eigenvalue weighted by molar-refractivity contribution is 6.03. The molecule has 82 valence electrons. The molecule has 0 N–H and O–H groups in total. The van der Waals surface area contributed by atoms with E-state index in [2.05, 4.69) is 9.97 Å². The van der Waals surface area contributed by atoms with E-state index in [4.69, 9.17) is 0 Å². The standard InChI is InChI=1S/C11H12N4O/c1-14(2)7-4-10(16)9-8-13-11-12-5-3-6-15(9)11/h3-8H,1-2H3. The smallest absolute Gasteiger partial charge is 0.234 e. The molecule has 0 radical (unpaired) electrons. The maximum atomic E-state index is 11.8. The first-order valence-electron chi connectivity index (χ1n) is 4.85. The Kier molecular flexibility index (Phi) is 2.68. The molecule has 0 amide bonds. The number of carbonyl (C=O) groups excluding carboxylic acids is 1. The van der Waals surface area contributed by atoms with E-state index in [1.165, 1.54) is 12.3 Å². The summed E-state index contributed by atoms with van der Waals surface area (Å²) in [5, 5.41) is 0. The summed E-state index contributed by atoms with van der Waals surface area (Å²) >= 11 is 0. The monoisotopic (exact) mass is 216 g/mol. The summed E-state index contributed by atoms with van der Waals surface area (Å²) in [7, 11) is 3.72. The van der Waals surface area contributed by atoms with Crippen LogP contribution in [0.15, 0.2) is 36.9 Å². The summed E-state index contributed by atoms with van der Waals surface area (Å²) < 4.78 is 1.67. The molecule has 0 unspecified atom stereocenters. The zero-order valence-corrected chi connectivity index (χ0v) is 9.16. The van der Waals surface area contributed by atoms with E-state index in [0.717, 1.165) is 0 Å². The van der Waals surface area contributed by atoms with Gasteiger partial charge in [-0.25, -0.2) is 9.97 Å². The Morgan fingerprint density at radius 1 is 1.44 bits per heavy atom. The fourth-order valence-electron chi connectivity index (χ4n) is 1.31. The predicted octanol–water partition coefficient (Wildman–Crippen LogP) is 0.987. The van der Waals surface area contributed by atoms with Crippen molar-refractivity contribution >= 4 is 11.6 Å². The third-order valence-electron chi connectivity index (χ3n) is 2.07. The molecular formula is C11H12N4O. The minimum atomic E-state index is -0.0887. The van der Waals surface area contributed by atoms with Crippen molar-refractivity contribution in [2.75, 3.05) is 14.1 Å². The van der Waals surface area contributed by atoms with E-state index in [-0.39, 0.29) is 5.78 Å². The molecule has 0 aliphatic rings. The predicted molar refractivity (Wildman–Crippen MR) is 60.1 cm³/mol. The number of aromatic nitrogens is 3. The van der Waals surface area contributed by atoms with Gasteiger partial charge in [0.2, 0.25) is 11.6 Å². The van der Waals surface area contributed by atoms with E-state index in [9.17, 15) is 4.79 Å². The Labute approximate surface area is 93.0 Å². The molecule has 2 aromatic heterocycles. The SMILES string of the molecule is CN(C)C=CC(=O)c1cnc2ncccn12. The van der Waals surface area contributed by atoms with Crippen LogP contribution in [0.4, 0.5) is 0 Å². The van der Waals surface area contributed by atoms with Crippen LogP contribution >= 0.6 is 0 Å². The number of nitrogens with zero attached hydrogens (tertiary/aromatic N) is 4. The molecule has 0 atom stereocenters. The van der Waals surface area contributed by atoms with Crippen LogP contribution in [-0.2, 0) is 0 Å². The van der Waals surface area contributed by atoms with Gasteiger partial charge >= 0.3 is 0 Å². The Hall–Kier alpha value is -2.17. The van der Waals surface area contributed by atoms with E-state index in [1.807, 2.05) is 14.1 Å². The van der Waals surface area contributed by atoms with Crippen LogP contribution < -0.4 is 0 Å². The Bertz CT molecular complexity index is 542. The largest absolute Gasteiger partial charge is 0.383 e. The second kappa shape index (κ2) is 4.14. The third-order valence-corrected chi connectivity index (χ3v) is 2.07. The number of ketones is 1. The first-order chi connectivity index (χ1) is 7.68. The lowest BCUT2D eigenvalue weighted by Crippen LogP contribution is -2.05. The maximum Gasteiger partial charge on any atom is 0.234 e. The normalized spacial score (nSPS) is 11.1. The number of imidazole rings is 1. The van der Waals surface area contributed by atoms with Crippen molar-refractivity contribution in [1.82, 2.24) is 19.3 Å². The molecule has 16 heavy (non-hydrogen) atoms. The van der Waals surface area contributed by atoms with Crippen LogP contribution in [0, 0.1) is 0 Å². The van der Waals surface area contributed by atoms with Gasteiger partial charge in [-0.05, 0) is 6.07 Å². The number of carbonyl (C=O) groups is 1. The summed E-state index contributed by atoms with van der Waals surface area (Å²) in [5.74, 6) is 0.443. The zero-order valence-electron chi connectivity index (χ0n) is 9.16. The molecule has 2 rings (SSSR count). The molecule has 0 saturated heterocycles. The molecule has 0 aromatic carbocycles. The second-order valence-electron chi connectivity index (χ2n) is 3.58. The first kappa shape index (κ1) is 10.4. The molecule has 0 spiro atoms. The molecule has 0 saturated carbocycles. The van der Waals surface area contributed by atoms with Crippen molar-refractivity contribution in [3.63, 3.8) is 0 Å². The molecule has 5 nitrogen and oxygen atoms in total. The lowest BCUT2D eigenvalue weighted by molar-refractivity contribution is 0.104. The molecule has 2 aromatic rings. The van der Waals surface area contributed by atoms with E-state index in [0.29, 0.717) is 11.5 Å². The van der Waals surface area contributed by atoms with E-state index in [1.54, 1.807) is 34.0 Å². The topological polar surface area (TPSA) is 50.5 Å². The Morgan fingerprint density at radius 3 is 3.00 bits per heavy atom. The van der Waals surface area contributed by atoms with Crippen LogP contribution in [-0.4, -0.2) is 39.1 Å². The van der Waals surface area contributed by atoms with Gasteiger partial charge in [0.25, 0.3) is 0 Å². The van der Waals surface area contributed by atoms with Gasteiger partial charge in [-0.15, -0.1) is 0 Å². The minimum Gasteiger partial charge on any atom is -0.383 e. The fourth-order valence-corrected chi connectivity index (χ4v) is 1.31. The number of hydrogen-bond acceptors (Lipinski definition) is 4. The lowest BCUT2D eigenvalue weighted by Gasteiger charge is -2.02. The van der Waals surface area contributed by atoms with Gasteiger partial charge in [-0.1, -0.05) is 0 Å². The molecule has 5 heteroatoms. The van der Waals surface area contributed by atoms with E-state index < -0.39 is 0 Å². The van der Waals surface area contributed by atoms with Gasteiger partial charge in [0.15, 0.2) is 0 Å². The Morgan fingerprint density at radius 2 is 2.25 bits per heavy atom. The molecule has 2 heterocycles. The highest BCUT2D eigenvalue weighted by Crippen LogP contribution is 2.05. The van der Waals surface area contributed by atoms with E-state index >= 15 is 0 Å². The van der Waals surface area contributed by atoms with Crippen molar-refractivity contribution in [3.05, 3.63) is 42.6 Å². The summed E-state index contributed by atoms with van der Waals surface area (Å²) in [6.07, 6.45) is 8.16.